The van der Waals surface area contributed by atoms with E-state index in [2.05, 4.69) is 28.5 Å². The number of fused-ring (bicyclic) bond motifs is 1. The van der Waals surface area contributed by atoms with Gasteiger partial charge >= 0.3 is 0 Å². The van der Waals surface area contributed by atoms with Crippen LogP contribution in [-0.2, 0) is 21.3 Å². The van der Waals surface area contributed by atoms with E-state index in [1.54, 1.807) is 55.6 Å². The molecule has 1 aromatic carbocycles. The largest absolute Gasteiger partial charge is 0.491 e. The molecule has 0 saturated carbocycles. The number of nitrogens with zero attached hydrogens (tertiary/aromatic N) is 3. The third-order valence-electron chi connectivity index (χ3n) is 6.05. The highest BCUT2D eigenvalue weighted by Gasteiger charge is 2.29. The molecule has 0 fully saturated rings. The van der Waals surface area contributed by atoms with Crippen LogP contribution < -0.4 is 9.46 Å². The number of carbonyl (C=O) groups excluding carboxylic acids is 1. The van der Waals surface area contributed by atoms with Crippen LogP contribution in [0.2, 0.25) is 0 Å². The summed E-state index contributed by atoms with van der Waals surface area (Å²) in [5.74, 6) is 0.243. The number of sulfonamides is 1. The Labute approximate surface area is 206 Å². The summed E-state index contributed by atoms with van der Waals surface area (Å²) in [4.78, 5) is 21.7. The van der Waals surface area contributed by atoms with Gasteiger partial charge in [0.05, 0.1) is 24.0 Å². The molecule has 1 amide bonds. The molecule has 1 aliphatic rings. The summed E-state index contributed by atoms with van der Waals surface area (Å²) in [6.45, 7) is 7.97. The molecule has 2 aromatic rings. The smallest absolute Gasteiger partial charge is 0.257 e. The van der Waals surface area contributed by atoms with Crippen LogP contribution in [0.4, 0.5) is 5.69 Å². The average molecular weight is 511 g/mol. The van der Waals surface area contributed by atoms with Crippen molar-refractivity contribution in [1.29, 1.82) is 0 Å². The summed E-state index contributed by atoms with van der Waals surface area (Å²) >= 11 is 1.62. The molecule has 1 aliphatic heterocycles. The number of aromatic nitrogens is 1. The highest BCUT2D eigenvalue weighted by molar-refractivity contribution is 7.92. The molecule has 34 heavy (non-hydrogen) atoms. The van der Waals surface area contributed by atoms with E-state index in [0.29, 0.717) is 36.7 Å². The quantitative estimate of drug-likeness (QED) is 0.638. The molecule has 0 bridgehead atoms. The third-order valence-corrected chi connectivity index (χ3v) is 8.12. The van der Waals surface area contributed by atoms with E-state index in [9.17, 15) is 13.2 Å². The van der Waals surface area contributed by atoms with Crippen LogP contribution in [-0.4, -0.2) is 80.9 Å². The topological polar surface area (TPSA) is 101 Å². The molecule has 3 rings (SSSR count). The van der Waals surface area contributed by atoms with Gasteiger partial charge < -0.3 is 14.4 Å². The molecule has 0 spiro atoms. The summed E-state index contributed by atoms with van der Waals surface area (Å²) in [6, 6.07) is 4.84. The number of benzene rings is 1. The van der Waals surface area contributed by atoms with Crippen LogP contribution in [0.15, 0.2) is 29.8 Å². The SMILES string of the molecule is CCS(=O)(=O)Nc1ccc2c(c1)C(=O)N(C)C[C@H](OC)[C@H](C)CN(Cc1nccs1)[C@H](C)CO2. The molecular weight excluding hydrogens is 476 g/mol. The number of nitrogens with one attached hydrogen (secondary N) is 1. The minimum Gasteiger partial charge on any atom is -0.491 e. The van der Waals surface area contributed by atoms with E-state index < -0.39 is 10.0 Å². The molecule has 3 atom stereocenters. The first-order valence-corrected chi connectivity index (χ1v) is 13.8. The first kappa shape index (κ1) is 26.4. The van der Waals surface area contributed by atoms with Crippen LogP contribution in [0.5, 0.6) is 5.75 Å². The fraction of sp³-hybridized carbons (Fsp3) is 0.565. The Bertz CT molecular complexity index is 1060. The number of ether oxygens (including phenoxy) is 2. The van der Waals surface area contributed by atoms with Crippen molar-refractivity contribution in [2.24, 2.45) is 5.92 Å². The van der Waals surface area contributed by atoms with Gasteiger partial charge in [-0.2, -0.15) is 0 Å². The van der Waals surface area contributed by atoms with Crippen LogP contribution in [0.3, 0.4) is 0 Å². The van der Waals surface area contributed by atoms with E-state index >= 15 is 0 Å². The third kappa shape index (κ3) is 6.68. The van der Waals surface area contributed by atoms with Gasteiger partial charge in [0.25, 0.3) is 5.91 Å². The molecule has 0 aliphatic carbocycles. The molecular formula is C23H34N4O5S2. The van der Waals surface area contributed by atoms with E-state index in [0.717, 1.165) is 11.6 Å². The Morgan fingerprint density at radius 2 is 2.06 bits per heavy atom. The van der Waals surface area contributed by atoms with Gasteiger partial charge in [0.2, 0.25) is 10.0 Å². The van der Waals surface area contributed by atoms with Crippen molar-refractivity contribution >= 4 is 33.0 Å². The molecule has 0 saturated heterocycles. The predicted octanol–water partition coefficient (Wildman–Crippen LogP) is 2.91. The fourth-order valence-electron chi connectivity index (χ4n) is 3.89. The monoisotopic (exact) mass is 510 g/mol. The minimum atomic E-state index is -3.48. The van der Waals surface area contributed by atoms with E-state index in [1.807, 2.05) is 5.38 Å². The zero-order valence-corrected chi connectivity index (χ0v) is 22.0. The normalized spacial score (nSPS) is 22.9. The van der Waals surface area contributed by atoms with Gasteiger partial charge in [0, 0.05) is 50.6 Å². The number of likely N-dealkylation sites (N-methyl/N-ethyl adjacent to an activating group) is 1. The van der Waals surface area contributed by atoms with E-state index in [-0.39, 0.29) is 29.7 Å². The van der Waals surface area contributed by atoms with Gasteiger partial charge in [-0.1, -0.05) is 6.92 Å². The Morgan fingerprint density at radius 3 is 2.71 bits per heavy atom. The second-order valence-electron chi connectivity index (χ2n) is 8.67. The Kier molecular flexibility index (Phi) is 8.91. The van der Waals surface area contributed by atoms with Crippen molar-refractivity contribution in [1.82, 2.24) is 14.8 Å². The molecule has 188 valence electrons. The van der Waals surface area contributed by atoms with E-state index in [1.165, 1.54) is 6.07 Å². The van der Waals surface area contributed by atoms with Crippen molar-refractivity contribution in [3.63, 3.8) is 0 Å². The molecule has 2 heterocycles. The number of anilines is 1. The maximum atomic E-state index is 13.4. The number of hydrogen-bond acceptors (Lipinski definition) is 8. The second-order valence-corrected chi connectivity index (χ2v) is 11.7. The Hall–Kier alpha value is -2.21. The predicted molar refractivity (Wildman–Crippen MR) is 134 cm³/mol. The average Bonchev–Trinajstić information content (AvgIpc) is 3.32. The summed E-state index contributed by atoms with van der Waals surface area (Å²) < 4.78 is 38.5. The summed E-state index contributed by atoms with van der Waals surface area (Å²) in [5.41, 5.74) is 0.633. The van der Waals surface area contributed by atoms with Gasteiger partial charge in [-0.15, -0.1) is 11.3 Å². The maximum absolute atomic E-state index is 13.4. The Balaban J connectivity index is 1.95. The zero-order valence-electron chi connectivity index (χ0n) is 20.4. The van der Waals surface area contributed by atoms with Crippen LogP contribution in [0.1, 0.15) is 36.1 Å². The van der Waals surface area contributed by atoms with Crippen molar-refractivity contribution in [3.05, 3.63) is 40.3 Å². The van der Waals surface area contributed by atoms with Crippen LogP contribution in [0.25, 0.3) is 0 Å². The van der Waals surface area contributed by atoms with Gasteiger partial charge in [0.15, 0.2) is 0 Å². The molecule has 1 aromatic heterocycles. The lowest BCUT2D eigenvalue weighted by atomic mass is 10.0. The zero-order chi connectivity index (χ0) is 24.9. The first-order chi connectivity index (χ1) is 16.1. The molecule has 9 nitrogen and oxygen atoms in total. The van der Waals surface area contributed by atoms with Crippen molar-refractivity contribution in [2.75, 3.05) is 44.3 Å². The Morgan fingerprint density at radius 1 is 1.29 bits per heavy atom. The summed E-state index contributed by atoms with van der Waals surface area (Å²) in [5, 5.41) is 3.00. The number of hydrogen-bond donors (Lipinski definition) is 1. The number of thiazole rings is 1. The number of methoxy groups -OCH3 is 1. The minimum absolute atomic E-state index is 0.0437. The number of amides is 1. The van der Waals surface area contributed by atoms with Gasteiger partial charge in [-0.3, -0.25) is 14.4 Å². The van der Waals surface area contributed by atoms with Crippen LogP contribution in [0, 0.1) is 5.92 Å². The molecule has 11 heteroatoms. The number of carbonyl (C=O) groups is 1. The lowest BCUT2D eigenvalue weighted by Gasteiger charge is -2.35. The highest BCUT2D eigenvalue weighted by atomic mass is 32.2. The summed E-state index contributed by atoms with van der Waals surface area (Å²) in [7, 11) is -0.0994. The highest BCUT2D eigenvalue weighted by Crippen LogP contribution is 2.27. The molecule has 0 unspecified atom stereocenters. The number of rotatable bonds is 6. The van der Waals surface area contributed by atoms with Gasteiger partial charge in [0.1, 0.15) is 17.4 Å². The van der Waals surface area contributed by atoms with Crippen molar-refractivity contribution in [2.45, 2.75) is 39.5 Å². The standard InChI is InChI=1S/C23H34N4O5S2/c1-6-34(29,30)25-18-7-8-20-19(11-18)23(28)26(4)13-21(31-5)16(2)12-27(17(3)15-32-20)14-22-24-9-10-33-22/h7-11,16-17,21,25H,6,12-15H2,1-5H3/t16-,17-,21+/m1/s1. The summed E-state index contributed by atoms with van der Waals surface area (Å²) in [6.07, 6.45) is 1.63. The molecule has 0 radical (unpaired) electrons. The van der Waals surface area contributed by atoms with Crippen LogP contribution >= 0.6 is 11.3 Å². The lowest BCUT2D eigenvalue weighted by molar-refractivity contribution is 0.00921. The van der Waals surface area contributed by atoms with E-state index in [4.69, 9.17) is 9.47 Å². The lowest BCUT2D eigenvalue weighted by Crippen LogP contribution is -2.46. The van der Waals surface area contributed by atoms with Gasteiger partial charge in [-0.25, -0.2) is 13.4 Å². The maximum Gasteiger partial charge on any atom is 0.257 e. The van der Waals surface area contributed by atoms with Gasteiger partial charge in [-0.05, 0) is 38.0 Å². The second kappa shape index (κ2) is 11.5. The van der Waals surface area contributed by atoms with Crippen molar-refractivity contribution < 1.29 is 22.7 Å². The first-order valence-electron chi connectivity index (χ1n) is 11.3. The fourth-order valence-corrected chi connectivity index (χ4v) is 5.16. The molecule has 1 N–H and O–H groups in total. The van der Waals surface area contributed by atoms with Crippen molar-refractivity contribution in [3.8, 4) is 5.75 Å².